The van der Waals surface area contributed by atoms with Gasteiger partial charge in [-0.05, 0) is 43.2 Å². The van der Waals surface area contributed by atoms with Crippen LogP contribution in [0.1, 0.15) is 25.8 Å². The van der Waals surface area contributed by atoms with Crippen LogP contribution in [-0.2, 0) is 25.8 Å². The Kier molecular flexibility index (Phi) is 6.21. The monoisotopic (exact) mass is 382 g/mol. The lowest BCUT2D eigenvalue weighted by atomic mass is 10.2. The second kappa shape index (κ2) is 7.99. The SMILES string of the molecule is CCC(C)NS(=O)(=O)c1ccc(NS(=O)(=O)Cc2ccccc2)cc1. The van der Waals surface area contributed by atoms with Gasteiger partial charge in [0.1, 0.15) is 0 Å². The fourth-order valence-electron chi connectivity index (χ4n) is 2.13. The van der Waals surface area contributed by atoms with Crippen LogP contribution >= 0.6 is 0 Å². The maximum atomic E-state index is 12.2. The van der Waals surface area contributed by atoms with Crippen molar-refractivity contribution in [1.29, 1.82) is 0 Å². The molecule has 1 atom stereocenters. The van der Waals surface area contributed by atoms with Crippen LogP contribution in [0.2, 0.25) is 0 Å². The molecule has 0 amide bonds. The van der Waals surface area contributed by atoms with Crippen LogP contribution in [0, 0.1) is 0 Å². The minimum Gasteiger partial charge on any atom is -0.283 e. The maximum absolute atomic E-state index is 12.2. The van der Waals surface area contributed by atoms with Crippen LogP contribution < -0.4 is 9.44 Å². The van der Waals surface area contributed by atoms with E-state index >= 15 is 0 Å². The summed E-state index contributed by atoms with van der Waals surface area (Å²) < 4.78 is 53.8. The summed E-state index contributed by atoms with van der Waals surface area (Å²) in [4.78, 5) is 0.0961. The van der Waals surface area contributed by atoms with Gasteiger partial charge >= 0.3 is 0 Å². The Hall–Kier alpha value is -1.90. The molecule has 2 N–H and O–H groups in total. The highest BCUT2D eigenvalue weighted by Gasteiger charge is 2.17. The molecule has 2 rings (SSSR count). The maximum Gasteiger partial charge on any atom is 0.240 e. The van der Waals surface area contributed by atoms with E-state index in [-0.39, 0.29) is 16.7 Å². The molecule has 0 aliphatic rings. The molecular formula is C17H22N2O4S2. The zero-order valence-corrected chi connectivity index (χ0v) is 15.8. The van der Waals surface area contributed by atoms with E-state index in [1.807, 2.05) is 13.0 Å². The smallest absolute Gasteiger partial charge is 0.240 e. The number of hydrogen-bond acceptors (Lipinski definition) is 4. The summed E-state index contributed by atoms with van der Waals surface area (Å²) in [5.74, 6) is -0.149. The summed E-state index contributed by atoms with van der Waals surface area (Å²) in [5, 5.41) is 0. The predicted molar refractivity (Wildman–Crippen MR) is 99.2 cm³/mol. The lowest BCUT2D eigenvalue weighted by molar-refractivity contribution is 0.556. The van der Waals surface area contributed by atoms with Crippen molar-refractivity contribution in [3.63, 3.8) is 0 Å². The van der Waals surface area contributed by atoms with Gasteiger partial charge in [0, 0.05) is 11.7 Å². The second-order valence-electron chi connectivity index (χ2n) is 5.80. The number of nitrogens with one attached hydrogen (secondary N) is 2. The van der Waals surface area contributed by atoms with Gasteiger partial charge in [-0.15, -0.1) is 0 Å². The quantitative estimate of drug-likeness (QED) is 0.734. The second-order valence-corrected chi connectivity index (χ2v) is 9.24. The predicted octanol–water partition coefficient (Wildman–Crippen LogP) is 2.71. The summed E-state index contributed by atoms with van der Waals surface area (Å²) in [7, 11) is -7.18. The van der Waals surface area contributed by atoms with Gasteiger partial charge in [-0.25, -0.2) is 21.6 Å². The Balaban J connectivity index is 2.10. The van der Waals surface area contributed by atoms with Gasteiger partial charge in [-0.2, -0.15) is 0 Å². The minimum atomic E-state index is -3.61. The average molecular weight is 383 g/mol. The van der Waals surface area contributed by atoms with Crippen LogP contribution in [0.25, 0.3) is 0 Å². The zero-order chi connectivity index (χ0) is 18.5. The average Bonchev–Trinajstić information content (AvgIpc) is 2.55. The van der Waals surface area contributed by atoms with Gasteiger partial charge in [0.2, 0.25) is 20.0 Å². The Morgan fingerprint density at radius 2 is 1.52 bits per heavy atom. The summed E-state index contributed by atoms with van der Waals surface area (Å²) >= 11 is 0. The molecule has 0 saturated carbocycles. The largest absolute Gasteiger partial charge is 0.283 e. The molecule has 0 aliphatic heterocycles. The number of rotatable bonds is 8. The lowest BCUT2D eigenvalue weighted by Crippen LogP contribution is -2.31. The molecule has 0 bridgehead atoms. The Morgan fingerprint density at radius 1 is 0.920 bits per heavy atom. The van der Waals surface area contributed by atoms with Gasteiger partial charge in [0.25, 0.3) is 0 Å². The van der Waals surface area contributed by atoms with Crippen molar-refractivity contribution >= 4 is 25.7 Å². The molecule has 6 nitrogen and oxygen atoms in total. The molecule has 2 aromatic carbocycles. The molecule has 0 heterocycles. The Labute approximate surface area is 149 Å². The first kappa shape index (κ1) is 19.4. The van der Waals surface area contributed by atoms with E-state index in [4.69, 9.17) is 0 Å². The van der Waals surface area contributed by atoms with Crippen molar-refractivity contribution in [2.45, 2.75) is 37.0 Å². The molecule has 25 heavy (non-hydrogen) atoms. The van der Waals surface area contributed by atoms with E-state index in [1.54, 1.807) is 31.2 Å². The number of sulfonamides is 2. The van der Waals surface area contributed by atoms with Crippen molar-refractivity contribution in [1.82, 2.24) is 4.72 Å². The van der Waals surface area contributed by atoms with E-state index in [9.17, 15) is 16.8 Å². The molecule has 0 saturated heterocycles. The number of benzene rings is 2. The van der Waals surface area contributed by atoms with Crippen molar-refractivity contribution in [3.8, 4) is 0 Å². The van der Waals surface area contributed by atoms with E-state index in [2.05, 4.69) is 9.44 Å². The third kappa shape index (κ3) is 5.84. The van der Waals surface area contributed by atoms with Crippen molar-refractivity contribution in [3.05, 3.63) is 60.2 Å². The molecule has 136 valence electrons. The van der Waals surface area contributed by atoms with Crippen molar-refractivity contribution in [2.24, 2.45) is 0 Å². The fraction of sp³-hybridized carbons (Fsp3) is 0.294. The fourth-order valence-corrected chi connectivity index (χ4v) is 4.65. The number of hydrogen-bond donors (Lipinski definition) is 2. The zero-order valence-electron chi connectivity index (χ0n) is 14.1. The molecule has 0 radical (unpaired) electrons. The highest BCUT2D eigenvalue weighted by molar-refractivity contribution is 7.92. The van der Waals surface area contributed by atoms with Crippen molar-refractivity contribution < 1.29 is 16.8 Å². The molecule has 0 aliphatic carbocycles. The standard InChI is InChI=1S/C17H22N2O4S2/c1-3-14(2)18-25(22,23)17-11-9-16(10-12-17)19-24(20,21)13-15-7-5-4-6-8-15/h4-12,14,18-19H,3,13H2,1-2H3. The van der Waals surface area contributed by atoms with E-state index in [0.29, 0.717) is 17.7 Å². The molecule has 1 unspecified atom stereocenters. The summed E-state index contributed by atoms with van der Waals surface area (Å²) in [6.07, 6.45) is 0.677. The van der Waals surface area contributed by atoms with Crippen molar-refractivity contribution in [2.75, 3.05) is 4.72 Å². The van der Waals surface area contributed by atoms with E-state index in [1.165, 1.54) is 24.3 Å². The minimum absolute atomic E-state index is 0.0961. The Morgan fingerprint density at radius 3 is 2.08 bits per heavy atom. The lowest BCUT2D eigenvalue weighted by Gasteiger charge is -2.13. The highest BCUT2D eigenvalue weighted by atomic mass is 32.2. The topological polar surface area (TPSA) is 92.3 Å². The van der Waals surface area contributed by atoms with Gasteiger partial charge < -0.3 is 0 Å². The molecule has 8 heteroatoms. The molecule has 0 fully saturated rings. The van der Waals surface area contributed by atoms with E-state index in [0.717, 1.165) is 0 Å². The van der Waals surface area contributed by atoms with Crippen LogP contribution in [0.4, 0.5) is 5.69 Å². The molecule has 0 spiro atoms. The molecule has 0 aromatic heterocycles. The number of anilines is 1. The third-order valence-electron chi connectivity index (χ3n) is 3.61. The third-order valence-corrected chi connectivity index (χ3v) is 6.47. The summed E-state index contributed by atoms with van der Waals surface area (Å²) in [6.45, 7) is 3.67. The van der Waals surface area contributed by atoms with Crippen LogP contribution in [0.3, 0.4) is 0 Å². The Bertz CT molecular complexity index is 893. The molecular weight excluding hydrogens is 360 g/mol. The molecule has 2 aromatic rings. The van der Waals surface area contributed by atoms with Gasteiger partial charge in [0.05, 0.1) is 10.6 Å². The summed E-state index contributed by atoms with van der Waals surface area (Å²) in [5.41, 5.74) is 0.991. The first-order valence-electron chi connectivity index (χ1n) is 7.88. The normalized spacial score (nSPS) is 13.4. The first-order chi connectivity index (χ1) is 11.7. The van der Waals surface area contributed by atoms with Gasteiger partial charge in [-0.3, -0.25) is 4.72 Å². The summed E-state index contributed by atoms with van der Waals surface area (Å²) in [6, 6.07) is 14.3. The van der Waals surface area contributed by atoms with Crippen LogP contribution in [0.5, 0.6) is 0 Å². The van der Waals surface area contributed by atoms with Gasteiger partial charge in [-0.1, -0.05) is 37.3 Å². The van der Waals surface area contributed by atoms with Gasteiger partial charge in [0.15, 0.2) is 0 Å². The first-order valence-corrected chi connectivity index (χ1v) is 11.0. The van der Waals surface area contributed by atoms with Crippen LogP contribution in [0.15, 0.2) is 59.5 Å². The highest BCUT2D eigenvalue weighted by Crippen LogP contribution is 2.17. The van der Waals surface area contributed by atoms with E-state index < -0.39 is 20.0 Å². The van der Waals surface area contributed by atoms with Crippen LogP contribution in [-0.4, -0.2) is 22.9 Å².